The van der Waals surface area contributed by atoms with Gasteiger partial charge in [-0.15, -0.1) is 0 Å². The van der Waals surface area contributed by atoms with E-state index >= 15 is 0 Å². The van der Waals surface area contributed by atoms with Crippen LogP contribution in [0.15, 0.2) is 0 Å². The molecule has 1 unspecified atom stereocenters. The third-order valence-corrected chi connectivity index (χ3v) is 5.30. The number of sulfonamides is 1. The Balaban J connectivity index is 2.16. The molecule has 1 fully saturated rings. The van der Waals surface area contributed by atoms with Gasteiger partial charge in [0.25, 0.3) is 10.1 Å². The van der Waals surface area contributed by atoms with Crippen molar-refractivity contribution in [1.29, 1.82) is 0 Å². The van der Waals surface area contributed by atoms with E-state index < -0.39 is 20.1 Å². The van der Waals surface area contributed by atoms with Crippen LogP contribution in [0.25, 0.3) is 0 Å². The van der Waals surface area contributed by atoms with Crippen molar-refractivity contribution < 1.29 is 26.5 Å². The third-order valence-electron chi connectivity index (χ3n) is 3.05. The Morgan fingerprint density at radius 3 is 2.20 bits per heavy atom. The average molecular weight is 330 g/mol. The Morgan fingerprint density at radius 1 is 1.10 bits per heavy atom. The Hall–Kier alpha value is -0.260. The molecule has 10 heteroatoms. The Bertz CT molecular complexity index is 490. The summed E-state index contributed by atoms with van der Waals surface area (Å²) in [7, 11) is -6.84. The monoisotopic (exact) mass is 330 g/mol. The van der Waals surface area contributed by atoms with E-state index in [9.17, 15) is 16.8 Å². The van der Waals surface area contributed by atoms with E-state index in [2.05, 4.69) is 0 Å². The van der Waals surface area contributed by atoms with Crippen LogP contribution >= 0.6 is 0 Å². The highest BCUT2D eigenvalue weighted by molar-refractivity contribution is 7.95. The molecular formula is C10H22N2O6S2. The summed E-state index contributed by atoms with van der Waals surface area (Å²) in [6.07, 6.45) is 1.64. The van der Waals surface area contributed by atoms with Crippen molar-refractivity contribution in [2.75, 3.05) is 44.4 Å². The lowest BCUT2D eigenvalue weighted by atomic mass is 10.3. The van der Waals surface area contributed by atoms with E-state index in [1.807, 2.05) is 4.90 Å². The zero-order valence-electron chi connectivity index (χ0n) is 11.3. The Kier molecular flexibility index (Phi) is 6.82. The zero-order chi connectivity index (χ0) is 15.2. The van der Waals surface area contributed by atoms with Crippen LogP contribution < -0.4 is 0 Å². The van der Waals surface area contributed by atoms with Gasteiger partial charge in [-0.25, -0.2) is 8.42 Å². The van der Waals surface area contributed by atoms with Crippen LogP contribution in [0.5, 0.6) is 0 Å². The minimum Gasteiger partial charge on any atom is -0.395 e. The largest absolute Gasteiger partial charge is 0.395 e. The smallest absolute Gasteiger partial charge is 0.264 e. The van der Waals surface area contributed by atoms with Crippen LogP contribution in [-0.4, -0.2) is 80.1 Å². The minimum atomic E-state index is -3.91. The first-order valence-corrected chi connectivity index (χ1v) is 9.72. The lowest BCUT2D eigenvalue weighted by molar-refractivity contribution is 0.191. The Labute approximate surface area is 120 Å². The molecule has 0 radical (unpaired) electrons. The van der Waals surface area contributed by atoms with E-state index in [1.54, 1.807) is 0 Å². The van der Waals surface area contributed by atoms with Crippen LogP contribution in [0.1, 0.15) is 19.3 Å². The molecule has 20 heavy (non-hydrogen) atoms. The quantitative estimate of drug-likeness (QED) is 0.282. The molecule has 2 N–H and O–H groups in total. The van der Waals surface area contributed by atoms with E-state index in [-0.39, 0.29) is 18.2 Å². The SMILES string of the molecule is O=S(=O)(O)CCCCN(CCO)CCCN1CS1(=O)=O. The standard InChI is InChI=1S/C10H22N2O6S2/c13-8-7-11(4-1-2-9-20(16,17)18)5-3-6-12-10-19(12,14)15/h13H,1-10H2,(H,16,17,18). The van der Waals surface area contributed by atoms with Crippen molar-refractivity contribution in [3.8, 4) is 0 Å². The molecule has 1 aliphatic rings. The van der Waals surface area contributed by atoms with Gasteiger partial charge in [0.05, 0.1) is 12.4 Å². The molecule has 1 saturated heterocycles. The summed E-state index contributed by atoms with van der Waals surface area (Å²) < 4.78 is 53.0. The topological polar surface area (TPSA) is 115 Å². The molecule has 0 spiro atoms. The van der Waals surface area contributed by atoms with Crippen molar-refractivity contribution in [2.24, 2.45) is 0 Å². The number of hydrogen-bond donors (Lipinski definition) is 2. The molecule has 1 atom stereocenters. The van der Waals surface area contributed by atoms with Gasteiger partial charge in [-0.1, -0.05) is 0 Å². The van der Waals surface area contributed by atoms with Crippen molar-refractivity contribution in [1.82, 2.24) is 9.21 Å². The summed E-state index contributed by atoms with van der Waals surface area (Å²) in [5, 5.41) is 8.94. The molecule has 0 aliphatic carbocycles. The van der Waals surface area contributed by atoms with Gasteiger partial charge in [-0.2, -0.15) is 12.7 Å². The molecule has 0 aromatic carbocycles. The second-order valence-corrected chi connectivity index (χ2v) is 8.34. The van der Waals surface area contributed by atoms with Crippen LogP contribution in [0.2, 0.25) is 0 Å². The lowest BCUT2D eigenvalue weighted by Crippen LogP contribution is -2.30. The molecule has 8 nitrogen and oxygen atoms in total. The fourth-order valence-corrected chi connectivity index (χ4v) is 3.61. The first-order chi connectivity index (χ1) is 9.24. The summed E-state index contributed by atoms with van der Waals surface area (Å²) in [6, 6.07) is 0. The van der Waals surface area contributed by atoms with Crippen molar-refractivity contribution in [3.05, 3.63) is 0 Å². The maximum absolute atomic E-state index is 11.0. The number of unbranched alkanes of at least 4 members (excludes halogenated alkanes) is 1. The first-order valence-electron chi connectivity index (χ1n) is 6.51. The van der Waals surface area contributed by atoms with E-state index in [0.29, 0.717) is 45.4 Å². The summed E-state index contributed by atoms with van der Waals surface area (Å²) >= 11 is 0. The first kappa shape index (κ1) is 17.8. The van der Waals surface area contributed by atoms with Crippen LogP contribution in [0.3, 0.4) is 0 Å². The van der Waals surface area contributed by atoms with Gasteiger partial charge in [0.1, 0.15) is 5.88 Å². The van der Waals surface area contributed by atoms with Crippen molar-refractivity contribution >= 4 is 20.1 Å². The summed E-state index contributed by atoms with van der Waals surface area (Å²) in [4.78, 5) is 1.96. The van der Waals surface area contributed by atoms with Gasteiger partial charge >= 0.3 is 0 Å². The van der Waals surface area contributed by atoms with Crippen LogP contribution in [0.4, 0.5) is 0 Å². The van der Waals surface area contributed by atoms with Gasteiger partial charge in [-0.3, -0.25) is 4.55 Å². The van der Waals surface area contributed by atoms with Gasteiger partial charge in [0.2, 0.25) is 10.0 Å². The third kappa shape index (κ3) is 7.50. The molecule has 0 aromatic rings. The van der Waals surface area contributed by atoms with Gasteiger partial charge in [-0.05, 0) is 32.4 Å². The second kappa shape index (κ2) is 7.66. The second-order valence-electron chi connectivity index (χ2n) is 4.83. The summed E-state index contributed by atoms with van der Waals surface area (Å²) in [5.74, 6) is -0.132. The van der Waals surface area contributed by atoms with Crippen LogP contribution in [0, 0.1) is 0 Å². The van der Waals surface area contributed by atoms with Gasteiger partial charge < -0.3 is 10.0 Å². The molecular weight excluding hydrogens is 308 g/mol. The molecule has 1 heterocycles. The van der Waals surface area contributed by atoms with E-state index in [1.165, 1.54) is 4.31 Å². The number of aliphatic hydroxyl groups excluding tert-OH is 1. The number of rotatable bonds is 11. The molecule has 1 aliphatic heterocycles. The number of aliphatic hydroxyl groups is 1. The van der Waals surface area contributed by atoms with E-state index in [4.69, 9.17) is 9.66 Å². The molecule has 0 aromatic heterocycles. The minimum absolute atomic E-state index is 0.000309. The van der Waals surface area contributed by atoms with Crippen LogP contribution in [-0.2, 0) is 20.1 Å². The van der Waals surface area contributed by atoms with E-state index in [0.717, 1.165) is 0 Å². The number of nitrogens with zero attached hydrogens (tertiary/aromatic N) is 2. The molecule has 1 rings (SSSR count). The lowest BCUT2D eigenvalue weighted by Gasteiger charge is -2.20. The highest BCUT2D eigenvalue weighted by atomic mass is 32.2. The fourth-order valence-electron chi connectivity index (χ4n) is 1.93. The molecule has 0 saturated carbocycles. The summed E-state index contributed by atoms with van der Waals surface area (Å²) in [6.45, 7) is 2.22. The normalized spacial score (nSPS) is 21.2. The highest BCUT2D eigenvalue weighted by Crippen LogP contribution is 2.18. The average Bonchev–Trinajstić information content (AvgIpc) is 2.91. The fraction of sp³-hybridized carbons (Fsp3) is 1.00. The molecule has 120 valence electrons. The molecule has 0 bridgehead atoms. The van der Waals surface area contributed by atoms with Gasteiger partial charge in [0.15, 0.2) is 0 Å². The van der Waals surface area contributed by atoms with Gasteiger partial charge in [0, 0.05) is 13.1 Å². The summed E-state index contributed by atoms with van der Waals surface area (Å²) in [5.41, 5.74) is 0. The molecule has 0 amide bonds. The zero-order valence-corrected chi connectivity index (χ0v) is 12.9. The highest BCUT2D eigenvalue weighted by Gasteiger charge is 2.39. The van der Waals surface area contributed by atoms with Crippen molar-refractivity contribution in [2.45, 2.75) is 19.3 Å². The predicted octanol–water partition coefficient (Wildman–Crippen LogP) is -1.06. The predicted molar refractivity (Wildman–Crippen MR) is 74.3 cm³/mol. The van der Waals surface area contributed by atoms with Crippen molar-refractivity contribution in [3.63, 3.8) is 0 Å². The number of hydrogen-bond acceptors (Lipinski definition) is 6. The maximum atomic E-state index is 11.0. The Morgan fingerprint density at radius 2 is 1.70 bits per heavy atom. The maximum Gasteiger partial charge on any atom is 0.264 e.